The third kappa shape index (κ3) is 4.51. The second-order valence-corrected chi connectivity index (χ2v) is 6.35. The molecule has 1 aromatic rings. The Morgan fingerprint density at radius 2 is 1.74 bits per heavy atom. The predicted octanol–water partition coefficient (Wildman–Crippen LogP) is 0.246. The SMILES string of the molecule is CC(C)(C(=O)CCCc1ccc(N)cc1)[C@@H](N)[C@](N)(O)C(=O)O. The van der Waals surface area contributed by atoms with Crippen LogP contribution in [0.1, 0.15) is 32.3 Å². The number of anilines is 1. The van der Waals surface area contributed by atoms with Crippen LogP contribution >= 0.6 is 0 Å². The summed E-state index contributed by atoms with van der Waals surface area (Å²) in [5.41, 5.74) is 14.5. The van der Waals surface area contributed by atoms with Crippen LogP contribution in [-0.2, 0) is 16.0 Å². The summed E-state index contributed by atoms with van der Waals surface area (Å²) in [6.07, 6.45) is 1.47. The van der Waals surface area contributed by atoms with E-state index in [0.29, 0.717) is 18.5 Å². The number of aliphatic hydroxyl groups is 1. The average Bonchev–Trinajstić information content (AvgIpc) is 2.48. The van der Waals surface area contributed by atoms with Crippen molar-refractivity contribution in [1.29, 1.82) is 0 Å². The van der Waals surface area contributed by atoms with E-state index in [4.69, 9.17) is 22.3 Å². The zero-order valence-corrected chi connectivity index (χ0v) is 13.5. The highest BCUT2D eigenvalue weighted by Gasteiger charge is 2.49. The lowest BCUT2D eigenvalue weighted by atomic mass is 9.74. The number of nitrogens with two attached hydrogens (primary N) is 3. The maximum absolute atomic E-state index is 12.4. The van der Waals surface area contributed by atoms with Gasteiger partial charge in [-0.05, 0) is 30.5 Å². The van der Waals surface area contributed by atoms with E-state index in [1.165, 1.54) is 13.8 Å². The number of carboxylic acids is 1. The van der Waals surface area contributed by atoms with Crippen LogP contribution in [-0.4, -0.2) is 33.7 Å². The smallest absolute Gasteiger partial charge is 0.352 e. The van der Waals surface area contributed by atoms with Crippen molar-refractivity contribution in [2.24, 2.45) is 16.9 Å². The molecule has 0 saturated heterocycles. The molecule has 0 heterocycles. The molecule has 0 unspecified atom stereocenters. The molecule has 0 aromatic heterocycles. The summed E-state index contributed by atoms with van der Waals surface area (Å²) >= 11 is 0. The summed E-state index contributed by atoms with van der Waals surface area (Å²) in [7, 11) is 0. The van der Waals surface area contributed by atoms with Crippen LogP contribution in [0.3, 0.4) is 0 Å². The summed E-state index contributed by atoms with van der Waals surface area (Å²) in [6.45, 7) is 2.98. The van der Waals surface area contributed by atoms with Crippen molar-refractivity contribution < 1.29 is 19.8 Å². The zero-order valence-electron chi connectivity index (χ0n) is 13.5. The van der Waals surface area contributed by atoms with E-state index in [9.17, 15) is 14.7 Å². The number of hydrogen-bond acceptors (Lipinski definition) is 6. The van der Waals surface area contributed by atoms with Gasteiger partial charge in [-0.3, -0.25) is 10.5 Å². The van der Waals surface area contributed by atoms with Crippen LogP contribution in [0, 0.1) is 5.41 Å². The first-order valence-electron chi connectivity index (χ1n) is 7.37. The number of aliphatic carboxylic acids is 1. The van der Waals surface area contributed by atoms with Crippen molar-refractivity contribution in [3.63, 3.8) is 0 Å². The molecule has 7 heteroatoms. The Balaban J connectivity index is 2.65. The second-order valence-electron chi connectivity index (χ2n) is 6.35. The highest BCUT2D eigenvalue weighted by molar-refractivity contribution is 5.87. The fraction of sp³-hybridized carbons (Fsp3) is 0.500. The van der Waals surface area contributed by atoms with Crippen molar-refractivity contribution in [2.45, 2.75) is 44.9 Å². The van der Waals surface area contributed by atoms with Gasteiger partial charge >= 0.3 is 5.97 Å². The zero-order chi connectivity index (χ0) is 17.8. The summed E-state index contributed by atoms with van der Waals surface area (Å²) in [5, 5.41) is 18.7. The number of nitrogen functional groups attached to an aromatic ring is 1. The van der Waals surface area contributed by atoms with Gasteiger partial charge in [-0.25, -0.2) is 4.79 Å². The summed E-state index contributed by atoms with van der Waals surface area (Å²) in [5.74, 6) is -1.90. The third-order valence-corrected chi connectivity index (χ3v) is 4.16. The molecule has 0 fully saturated rings. The van der Waals surface area contributed by atoms with Gasteiger partial charge in [-0.1, -0.05) is 26.0 Å². The van der Waals surface area contributed by atoms with Gasteiger partial charge in [-0.15, -0.1) is 0 Å². The topological polar surface area (TPSA) is 153 Å². The number of Topliss-reactive ketones (excluding diaryl/α,β-unsaturated/α-hetero) is 1. The quantitative estimate of drug-likeness (QED) is 0.339. The Labute approximate surface area is 135 Å². The van der Waals surface area contributed by atoms with Gasteiger partial charge in [0.25, 0.3) is 0 Å². The van der Waals surface area contributed by atoms with E-state index in [0.717, 1.165) is 5.56 Å². The Morgan fingerprint density at radius 1 is 1.22 bits per heavy atom. The monoisotopic (exact) mass is 323 g/mol. The molecule has 0 aliphatic heterocycles. The van der Waals surface area contributed by atoms with Crippen LogP contribution in [0.5, 0.6) is 0 Å². The Kier molecular flexibility index (Phi) is 5.87. The number of rotatable bonds is 8. The maximum atomic E-state index is 12.4. The van der Waals surface area contributed by atoms with Crippen molar-refractivity contribution in [3.05, 3.63) is 29.8 Å². The molecule has 1 aromatic carbocycles. The van der Waals surface area contributed by atoms with Crippen LogP contribution < -0.4 is 17.2 Å². The van der Waals surface area contributed by atoms with Crippen molar-refractivity contribution in [3.8, 4) is 0 Å². The normalized spacial score (nSPS) is 15.7. The maximum Gasteiger partial charge on any atom is 0.352 e. The van der Waals surface area contributed by atoms with Crippen LogP contribution in [0.15, 0.2) is 24.3 Å². The summed E-state index contributed by atoms with van der Waals surface area (Å²) in [6, 6.07) is 5.94. The average molecular weight is 323 g/mol. The molecule has 0 aliphatic carbocycles. The molecule has 0 spiro atoms. The minimum absolute atomic E-state index is 0.209. The van der Waals surface area contributed by atoms with Gasteiger partial charge in [0.05, 0.1) is 6.04 Å². The lowest BCUT2D eigenvalue weighted by Gasteiger charge is -2.37. The summed E-state index contributed by atoms with van der Waals surface area (Å²) < 4.78 is 0. The summed E-state index contributed by atoms with van der Waals surface area (Å²) in [4.78, 5) is 23.3. The van der Waals surface area contributed by atoms with Crippen LogP contribution in [0.25, 0.3) is 0 Å². The first kappa shape index (κ1) is 19.1. The van der Waals surface area contributed by atoms with E-state index in [-0.39, 0.29) is 12.2 Å². The molecule has 23 heavy (non-hydrogen) atoms. The minimum atomic E-state index is -2.66. The molecule has 8 N–H and O–H groups in total. The largest absolute Gasteiger partial charge is 0.478 e. The Bertz CT molecular complexity index is 567. The minimum Gasteiger partial charge on any atom is -0.478 e. The highest BCUT2D eigenvalue weighted by Crippen LogP contribution is 2.28. The molecule has 7 nitrogen and oxygen atoms in total. The van der Waals surface area contributed by atoms with Crippen LogP contribution in [0.4, 0.5) is 5.69 Å². The van der Waals surface area contributed by atoms with E-state index >= 15 is 0 Å². The van der Waals surface area contributed by atoms with Crippen molar-refractivity contribution in [1.82, 2.24) is 0 Å². The molecule has 0 radical (unpaired) electrons. The fourth-order valence-corrected chi connectivity index (χ4v) is 2.32. The van der Waals surface area contributed by atoms with Gasteiger partial charge in [0.15, 0.2) is 0 Å². The van der Waals surface area contributed by atoms with Crippen molar-refractivity contribution in [2.75, 3.05) is 5.73 Å². The Morgan fingerprint density at radius 3 is 2.22 bits per heavy atom. The number of hydrogen-bond donors (Lipinski definition) is 5. The second kappa shape index (κ2) is 7.08. The van der Waals surface area contributed by atoms with Crippen molar-refractivity contribution >= 4 is 17.4 Å². The Hall–Kier alpha value is -1.96. The fourth-order valence-electron chi connectivity index (χ4n) is 2.32. The molecule has 0 saturated carbocycles. The lowest BCUT2D eigenvalue weighted by molar-refractivity contribution is -0.165. The number of aryl methyl sites for hydroxylation is 1. The standard InChI is InChI=1S/C16H25N3O4/c1-15(2,13(18)16(19,23)14(21)22)12(20)5-3-4-10-6-8-11(17)9-7-10/h6-9,13,23H,3-5,17-19H2,1-2H3,(H,21,22)/t13-,16+/m1/s1. The predicted molar refractivity (Wildman–Crippen MR) is 87.3 cm³/mol. The van der Waals surface area contributed by atoms with Gasteiger partial charge < -0.3 is 21.7 Å². The number of carbonyl (C=O) groups is 2. The van der Waals surface area contributed by atoms with E-state index < -0.39 is 23.2 Å². The number of carboxylic acid groups (broad SMARTS) is 1. The third-order valence-electron chi connectivity index (χ3n) is 4.16. The molecule has 0 amide bonds. The molecular weight excluding hydrogens is 298 g/mol. The number of carbonyl (C=O) groups excluding carboxylic acids is 1. The van der Waals surface area contributed by atoms with Gasteiger partial charge in [-0.2, -0.15) is 0 Å². The molecule has 1 rings (SSSR count). The molecule has 128 valence electrons. The van der Waals surface area contributed by atoms with E-state index in [1.54, 1.807) is 12.1 Å². The van der Waals surface area contributed by atoms with Crippen LogP contribution in [0.2, 0.25) is 0 Å². The molecular formula is C16H25N3O4. The van der Waals surface area contributed by atoms with E-state index in [2.05, 4.69) is 0 Å². The van der Waals surface area contributed by atoms with Gasteiger partial charge in [0.2, 0.25) is 5.72 Å². The van der Waals surface area contributed by atoms with Gasteiger partial charge in [0.1, 0.15) is 5.78 Å². The number of benzene rings is 1. The highest BCUT2D eigenvalue weighted by atomic mass is 16.4. The van der Waals surface area contributed by atoms with Gasteiger partial charge in [0, 0.05) is 17.5 Å². The lowest BCUT2D eigenvalue weighted by Crippen LogP contribution is -2.67. The first-order chi connectivity index (χ1) is 10.5. The molecule has 0 bridgehead atoms. The molecule has 0 aliphatic rings. The number of ketones is 1. The first-order valence-corrected chi connectivity index (χ1v) is 7.37. The molecule has 2 atom stereocenters. The van der Waals surface area contributed by atoms with E-state index in [1.807, 2.05) is 12.1 Å².